The molecule has 0 bridgehead atoms. The number of aromatic nitrogens is 3. The summed E-state index contributed by atoms with van der Waals surface area (Å²) in [5.74, 6) is 3.43. The Kier molecular flexibility index (Phi) is 3.05. The number of rotatable bonds is 3. The maximum atomic E-state index is 4.34. The minimum absolute atomic E-state index is 0.540. The van der Waals surface area contributed by atoms with E-state index in [4.69, 9.17) is 0 Å². The first kappa shape index (κ1) is 10.6. The Morgan fingerprint density at radius 3 is 2.80 bits per heavy atom. The van der Waals surface area contributed by atoms with Gasteiger partial charge in [-0.25, -0.2) is 0 Å². The van der Waals surface area contributed by atoms with Crippen molar-refractivity contribution < 1.29 is 0 Å². The smallest absolute Gasteiger partial charge is 0.137 e. The highest BCUT2D eigenvalue weighted by Crippen LogP contribution is 2.26. The summed E-state index contributed by atoms with van der Waals surface area (Å²) in [6, 6.07) is 0. The van der Waals surface area contributed by atoms with E-state index in [2.05, 4.69) is 33.9 Å². The molecular formula is C11H20N4. The van der Waals surface area contributed by atoms with Crippen molar-refractivity contribution in [2.24, 2.45) is 5.92 Å². The summed E-state index contributed by atoms with van der Waals surface area (Å²) in [7, 11) is 0. The van der Waals surface area contributed by atoms with E-state index in [-0.39, 0.29) is 0 Å². The standard InChI is InChI=1S/C11H20N4/c1-4-5-15-9(3)13-14-11(15)10-7-12-6-8(10)2/h8,10,12H,4-7H2,1-3H3. The zero-order valence-corrected chi connectivity index (χ0v) is 9.82. The van der Waals surface area contributed by atoms with Crippen molar-refractivity contribution in [3.05, 3.63) is 11.6 Å². The summed E-state index contributed by atoms with van der Waals surface area (Å²) < 4.78 is 2.27. The monoisotopic (exact) mass is 208 g/mol. The van der Waals surface area contributed by atoms with Gasteiger partial charge in [-0.1, -0.05) is 13.8 Å². The molecule has 15 heavy (non-hydrogen) atoms. The van der Waals surface area contributed by atoms with Crippen LogP contribution in [0.3, 0.4) is 0 Å². The zero-order valence-electron chi connectivity index (χ0n) is 9.82. The lowest BCUT2D eigenvalue weighted by atomic mass is 9.97. The van der Waals surface area contributed by atoms with Crippen LogP contribution in [0.4, 0.5) is 0 Å². The van der Waals surface area contributed by atoms with Gasteiger partial charge in [-0.3, -0.25) is 0 Å². The van der Waals surface area contributed by atoms with Crippen molar-refractivity contribution in [2.75, 3.05) is 13.1 Å². The summed E-state index contributed by atoms with van der Waals surface area (Å²) in [6.45, 7) is 9.70. The second-order valence-electron chi connectivity index (χ2n) is 4.50. The Hall–Kier alpha value is -0.900. The Bertz CT molecular complexity index is 331. The SMILES string of the molecule is CCCn1c(C)nnc1C1CNCC1C. The van der Waals surface area contributed by atoms with E-state index >= 15 is 0 Å². The molecular weight excluding hydrogens is 188 g/mol. The second kappa shape index (κ2) is 4.31. The fourth-order valence-corrected chi connectivity index (χ4v) is 2.33. The Labute approximate surface area is 91.1 Å². The van der Waals surface area contributed by atoms with Gasteiger partial charge in [0.15, 0.2) is 0 Å². The van der Waals surface area contributed by atoms with Crippen molar-refractivity contribution in [1.82, 2.24) is 20.1 Å². The van der Waals surface area contributed by atoms with Gasteiger partial charge in [-0.2, -0.15) is 0 Å². The van der Waals surface area contributed by atoms with Crippen LogP contribution in [0.15, 0.2) is 0 Å². The largest absolute Gasteiger partial charge is 0.316 e. The Balaban J connectivity index is 2.26. The van der Waals surface area contributed by atoms with Crippen LogP contribution in [0.2, 0.25) is 0 Å². The molecule has 0 radical (unpaired) electrons. The molecule has 1 aromatic heterocycles. The maximum absolute atomic E-state index is 4.34. The molecule has 84 valence electrons. The predicted molar refractivity (Wildman–Crippen MR) is 59.8 cm³/mol. The molecule has 1 N–H and O–H groups in total. The van der Waals surface area contributed by atoms with Crippen molar-refractivity contribution in [1.29, 1.82) is 0 Å². The van der Waals surface area contributed by atoms with Crippen LogP contribution in [0.5, 0.6) is 0 Å². The lowest BCUT2D eigenvalue weighted by Gasteiger charge is -2.15. The molecule has 2 rings (SSSR count). The highest BCUT2D eigenvalue weighted by Gasteiger charge is 2.29. The normalized spacial score (nSPS) is 26.1. The summed E-state index contributed by atoms with van der Waals surface area (Å²) in [5, 5.41) is 12.0. The van der Waals surface area contributed by atoms with Crippen LogP contribution < -0.4 is 5.32 Å². The first-order valence-corrected chi connectivity index (χ1v) is 5.84. The van der Waals surface area contributed by atoms with Crippen LogP contribution in [-0.2, 0) is 6.54 Å². The van der Waals surface area contributed by atoms with Gasteiger partial charge in [0.25, 0.3) is 0 Å². The highest BCUT2D eigenvalue weighted by molar-refractivity contribution is 5.06. The number of nitrogens with zero attached hydrogens (tertiary/aromatic N) is 3. The van der Waals surface area contributed by atoms with E-state index in [1.54, 1.807) is 0 Å². The average molecular weight is 208 g/mol. The lowest BCUT2D eigenvalue weighted by molar-refractivity contribution is 0.505. The summed E-state index contributed by atoms with van der Waals surface area (Å²) in [6.07, 6.45) is 1.14. The van der Waals surface area contributed by atoms with Crippen molar-refractivity contribution >= 4 is 0 Å². The molecule has 0 spiro atoms. The summed E-state index contributed by atoms with van der Waals surface area (Å²) in [4.78, 5) is 0. The third-order valence-corrected chi connectivity index (χ3v) is 3.26. The number of nitrogens with one attached hydrogen (secondary N) is 1. The zero-order chi connectivity index (χ0) is 10.8. The van der Waals surface area contributed by atoms with E-state index in [0.717, 1.165) is 31.9 Å². The minimum atomic E-state index is 0.540. The first-order chi connectivity index (χ1) is 7.24. The molecule has 1 saturated heterocycles. The molecule has 1 fully saturated rings. The van der Waals surface area contributed by atoms with Crippen molar-refractivity contribution in [3.8, 4) is 0 Å². The molecule has 0 aromatic carbocycles. The fourth-order valence-electron chi connectivity index (χ4n) is 2.33. The highest BCUT2D eigenvalue weighted by atomic mass is 15.3. The Morgan fingerprint density at radius 1 is 1.40 bits per heavy atom. The molecule has 0 saturated carbocycles. The number of hydrogen-bond donors (Lipinski definition) is 1. The average Bonchev–Trinajstić information content (AvgIpc) is 2.76. The predicted octanol–water partition coefficient (Wildman–Crippen LogP) is 1.32. The van der Waals surface area contributed by atoms with E-state index in [0.29, 0.717) is 11.8 Å². The van der Waals surface area contributed by atoms with Crippen LogP contribution in [-0.4, -0.2) is 27.9 Å². The van der Waals surface area contributed by atoms with Gasteiger partial charge in [0.2, 0.25) is 0 Å². The van der Waals surface area contributed by atoms with Gasteiger partial charge in [0.1, 0.15) is 11.6 Å². The van der Waals surface area contributed by atoms with Gasteiger partial charge in [0, 0.05) is 19.0 Å². The molecule has 2 heterocycles. The van der Waals surface area contributed by atoms with Crippen LogP contribution in [0.25, 0.3) is 0 Å². The molecule has 2 atom stereocenters. The van der Waals surface area contributed by atoms with Gasteiger partial charge >= 0.3 is 0 Å². The summed E-state index contributed by atoms with van der Waals surface area (Å²) in [5.41, 5.74) is 0. The third-order valence-electron chi connectivity index (χ3n) is 3.26. The molecule has 1 aliphatic rings. The molecule has 2 unspecified atom stereocenters. The van der Waals surface area contributed by atoms with Gasteiger partial charge < -0.3 is 9.88 Å². The van der Waals surface area contributed by atoms with E-state index < -0.39 is 0 Å². The number of hydrogen-bond acceptors (Lipinski definition) is 3. The molecule has 4 heteroatoms. The molecule has 0 aliphatic carbocycles. The van der Waals surface area contributed by atoms with Gasteiger partial charge in [0.05, 0.1) is 0 Å². The number of aryl methyl sites for hydroxylation is 1. The third kappa shape index (κ3) is 1.91. The second-order valence-corrected chi connectivity index (χ2v) is 4.50. The van der Waals surface area contributed by atoms with Crippen molar-refractivity contribution in [2.45, 2.75) is 39.7 Å². The van der Waals surface area contributed by atoms with Crippen LogP contribution in [0, 0.1) is 12.8 Å². The molecule has 4 nitrogen and oxygen atoms in total. The van der Waals surface area contributed by atoms with E-state index in [1.165, 1.54) is 5.82 Å². The van der Waals surface area contributed by atoms with Gasteiger partial charge in [-0.15, -0.1) is 10.2 Å². The molecule has 0 amide bonds. The van der Waals surface area contributed by atoms with E-state index in [9.17, 15) is 0 Å². The first-order valence-electron chi connectivity index (χ1n) is 5.84. The minimum Gasteiger partial charge on any atom is -0.316 e. The van der Waals surface area contributed by atoms with Gasteiger partial charge in [-0.05, 0) is 25.8 Å². The molecule has 1 aromatic rings. The lowest BCUT2D eigenvalue weighted by Crippen LogP contribution is -2.15. The van der Waals surface area contributed by atoms with Crippen LogP contribution in [0.1, 0.15) is 37.8 Å². The Morgan fingerprint density at radius 2 is 2.20 bits per heavy atom. The quantitative estimate of drug-likeness (QED) is 0.814. The van der Waals surface area contributed by atoms with E-state index in [1.807, 2.05) is 6.92 Å². The molecule has 1 aliphatic heterocycles. The fraction of sp³-hybridized carbons (Fsp3) is 0.818. The van der Waals surface area contributed by atoms with Crippen molar-refractivity contribution in [3.63, 3.8) is 0 Å². The maximum Gasteiger partial charge on any atom is 0.137 e. The topological polar surface area (TPSA) is 42.7 Å². The summed E-state index contributed by atoms with van der Waals surface area (Å²) >= 11 is 0. The van der Waals surface area contributed by atoms with Crippen LogP contribution >= 0.6 is 0 Å².